The number of ketones is 1. The zero-order valence-electron chi connectivity index (χ0n) is 10.5. The van der Waals surface area contributed by atoms with Crippen LogP contribution in [0.15, 0.2) is 0 Å². The number of hydrogen-bond acceptors (Lipinski definition) is 3. The van der Waals surface area contributed by atoms with Crippen LogP contribution in [-0.4, -0.2) is 18.9 Å². The summed E-state index contributed by atoms with van der Waals surface area (Å²) in [6.45, 7) is 3.96. The molecule has 0 aliphatic heterocycles. The highest BCUT2D eigenvalue weighted by Gasteiger charge is 2.37. The van der Waals surface area contributed by atoms with Crippen LogP contribution in [0.1, 0.15) is 46.0 Å². The van der Waals surface area contributed by atoms with Crippen molar-refractivity contribution in [2.45, 2.75) is 46.0 Å². The average molecular weight is 226 g/mol. The Kier molecular flexibility index (Phi) is 4.97. The van der Waals surface area contributed by atoms with Gasteiger partial charge in [-0.3, -0.25) is 9.59 Å². The highest BCUT2D eigenvalue weighted by atomic mass is 16.5. The van der Waals surface area contributed by atoms with E-state index in [-0.39, 0.29) is 23.6 Å². The van der Waals surface area contributed by atoms with Crippen LogP contribution in [0.2, 0.25) is 0 Å². The Labute approximate surface area is 97.5 Å². The van der Waals surface area contributed by atoms with E-state index in [0.29, 0.717) is 0 Å². The number of Topliss-reactive ketones (excluding diaryl/α,β-unsaturated/α-hetero) is 1. The maximum Gasteiger partial charge on any atom is 0.316 e. The summed E-state index contributed by atoms with van der Waals surface area (Å²) in [5.41, 5.74) is 0. The summed E-state index contributed by atoms with van der Waals surface area (Å²) in [6, 6.07) is 0. The summed E-state index contributed by atoms with van der Waals surface area (Å²) in [5, 5.41) is 0. The van der Waals surface area contributed by atoms with E-state index in [2.05, 4.69) is 0 Å². The molecule has 0 N–H and O–H groups in total. The van der Waals surface area contributed by atoms with E-state index in [9.17, 15) is 9.59 Å². The van der Waals surface area contributed by atoms with Gasteiger partial charge in [-0.15, -0.1) is 0 Å². The fourth-order valence-corrected chi connectivity index (χ4v) is 2.46. The molecular weight excluding hydrogens is 204 g/mol. The van der Waals surface area contributed by atoms with E-state index in [1.807, 2.05) is 13.8 Å². The third-order valence-corrected chi connectivity index (χ3v) is 3.73. The second kappa shape index (κ2) is 6.02. The highest BCUT2D eigenvalue weighted by molar-refractivity contribution is 6.00. The molecule has 3 heteroatoms. The van der Waals surface area contributed by atoms with Crippen molar-refractivity contribution in [3.8, 4) is 0 Å². The summed E-state index contributed by atoms with van der Waals surface area (Å²) in [6.07, 6.45) is 4.96. The number of carbonyl (C=O) groups excluding carboxylic acids is 2. The molecule has 0 heterocycles. The molecule has 0 aromatic carbocycles. The number of ether oxygens (including phenoxy) is 1. The Morgan fingerprint density at radius 2 is 1.88 bits per heavy atom. The van der Waals surface area contributed by atoms with Gasteiger partial charge in [-0.25, -0.2) is 0 Å². The number of methoxy groups -OCH3 is 1. The molecule has 0 radical (unpaired) electrons. The van der Waals surface area contributed by atoms with Gasteiger partial charge in [-0.05, 0) is 18.8 Å². The summed E-state index contributed by atoms with van der Waals surface area (Å²) in [7, 11) is 1.36. The first-order valence-corrected chi connectivity index (χ1v) is 6.23. The zero-order chi connectivity index (χ0) is 12.1. The largest absolute Gasteiger partial charge is 0.468 e. The lowest BCUT2D eigenvalue weighted by molar-refractivity contribution is -0.152. The molecule has 1 rings (SSSR count). The molecule has 92 valence electrons. The normalized spacial score (nSPS) is 20.4. The molecule has 1 aliphatic carbocycles. The van der Waals surface area contributed by atoms with Crippen LogP contribution in [0.3, 0.4) is 0 Å². The van der Waals surface area contributed by atoms with Gasteiger partial charge in [0.2, 0.25) is 0 Å². The maximum absolute atomic E-state index is 12.2. The van der Waals surface area contributed by atoms with Gasteiger partial charge < -0.3 is 4.74 Å². The first kappa shape index (κ1) is 13.2. The first-order valence-electron chi connectivity index (χ1n) is 6.23. The Morgan fingerprint density at radius 1 is 1.31 bits per heavy atom. The average Bonchev–Trinajstić information content (AvgIpc) is 2.81. The van der Waals surface area contributed by atoms with Gasteiger partial charge >= 0.3 is 5.97 Å². The van der Waals surface area contributed by atoms with Crippen molar-refractivity contribution in [1.82, 2.24) is 0 Å². The van der Waals surface area contributed by atoms with Gasteiger partial charge in [-0.1, -0.05) is 33.1 Å². The van der Waals surface area contributed by atoms with Gasteiger partial charge in [0, 0.05) is 5.92 Å². The Hall–Kier alpha value is -0.860. The molecule has 0 aromatic heterocycles. The fraction of sp³-hybridized carbons (Fsp3) is 0.846. The predicted molar refractivity (Wildman–Crippen MR) is 61.9 cm³/mol. The third-order valence-electron chi connectivity index (χ3n) is 3.73. The minimum Gasteiger partial charge on any atom is -0.468 e. The lowest BCUT2D eigenvalue weighted by Gasteiger charge is -2.22. The highest BCUT2D eigenvalue weighted by Crippen LogP contribution is 2.31. The second-order valence-electron chi connectivity index (χ2n) is 4.77. The number of esters is 1. The van der Waals surface area contributed by atoms with Crippen LogP contribution in [0.5, 0.6) is 0 Å². The van der Waals surface area contributed by atoms with E-state index >= 15 is 0 Å². The summed E-state index contributed by atoms with van der Waals surface area (Å²) < 4.78 is 4.76. The van der Waals surface area contributed by atoms with E-state index in [1.165, 1.54) is 7.11 Å². The minimum absolute atomic E-state index is 0.0838. The number of carbonyl (C=O) groups is 2. The van der Waals surface area contributed by atoms with E-state index in [4.69, 9.17) is 4.74 Å². The SMILES string of the molecule is CCC(C)C(C(=O)OC)C(=O)C1CCCC1. The molecule has 2 atom stereocenters. The number of hydrogen-bond donors (Lipinski definition) is 0. The predicted octanol–water partition coefficient (Wildman–Crippen LogP) is 2.58. The molecule has 0 bridgehead atoms. The van der Waals surface area contributed by atoms with Crippen molar-refractivity contribution < 1.29 is 14.3 Å². The van der Waals surface area contributed by atoms with Crippen molar-refractivity contribution in [2.24, 2.45) is 17.8 Å². The Balaban J connectivity index is 2.74. The molecule has 0 aromatic rings. The van der Waals surface area contributed by atoms with Crippen molar-refractivity contribution >= 4 is 11.8 Å². The van der Waals surface area contributed by atoms with E-state index in [1.54, 1.807) is 0 Å². The van der Waals surface area contributed by atoms with Crippen molar-refractivity contribution in [2.75, 3.05) is 7.11 Å². The quantitative estimate of drug-likeness (QED) is 0.534. The standard InChI is InChI=1S/C13H22O3/c1-4-9(2)11(13(15)16-3)12(14)10-7-5-6-8-10/h9-11H,4-8H2,1-3H3. The lowest BCUT2D eigenvalue weighted by atomic mass is 9.82. The molecular formula is C13H22O3. The van der Waals surface area contributed by atoms with Crippen molar-refractivity contribution in [3.63, 3.8) is 0 Å². The van der Waals surface area contributed by atoms with Crippen molar-refractivity contribution in [3.05, 3.63) is 0 Å². The van der Waals surface area contributed by atoms with Gasteiger partial charge in [0.25, 0.3) is 0 Å². The third kappa shape index (κ3) is 2.83. The van der Waals surface area contributed by atoms with Gasteiger partial charge in [0.15, 0.2) is 0 Å². The molecule has 1 aliphatic rings. The molecule has 3 nitrogen and oxygen atoms in total. The fourth-order valence-electron chi connectivity index (χ4n) is 2.46. The molecule has 1 fully saturated rings. The van der Waals surface area contributed by atoms with Gasteiger partial charge in [0.05, 0.1) is 7.11 Å². The first-order chi connectivity index (χ1) is 7.61. The monoisotopic (exact) mass is 226 g/mol. The molecule has 0 amide bonds. The van der Waals surface area contributed by atoms with Crippen LogP contribution in [0.25, 0.3) is 0 Å². The van der Waals surface area contributed by atoms with Crippen LogP contribution in [0, 0.1) is 17.8 Å². The lowest BCUT2D eigenvalue weighted by Crippen LogP contribution is -2.34. The summed E-state index contributed by atoms with van der Waals surface area (Å²) in [5.74, 6) is -0.610. The van der Waals surface area contributed by atoms with Crippen LogP contribution >= 0.6 is 0 Å². The number of rotatable bonds is 5. The Morgan fingerprint density at radius 3 is 2.31 bits per heavy atom. The molecule has 0 spiro atoms. The van der Waals surface area contributed by atoms with Crippen LogP contribution < -0.4 is 0 Å². The minimum atomic E-state index is -0.543. The molecule has 2 unspecified atom stereocenters. The topological polar surface area (TPSA) is 43.4 Å². The second-order valence-corrected chi connectivity index (χ2v) is 4.77. The Bertz CT molecular complexity index is 254. The van der Waals surface area contributed by atoms with Gasteiger partial charge in [-0.2, -0.15) is 0 Å². The van der Waals surface area contributed by atoms with Gasteiger partial charge in [0.1, 0.15) is 11.7 Å². The van der Waals surface area contributed by atoms with Crippen LogP contribution in [0.4, 0.5) is 0 Å². The summed E-state index contributed by atoms with van der Waals surface area (Å²) >= 11 is 0. The van der Waals surface area contributed by atoms with Crippen molar-refractivity contribution in [1.29, 1.82) is 0 Å². The molecule has 16 heavy (non-hydrogen) atoms. The van der Waals surface area contributed by atoms with Crippen LogP contribution in [-0.2, 0) is 14.3 Å². The van der Waals surface area contributed by atoms with E-state index < -0.39 is 5.92 Å². The molecule has 1 saturated carbocycles. The smallest absolute Gasteiger partial charge is 0.316 e. The zero-order valence-corrected chi connectivity index (χ0v) is 10.5. The molecule has 0 saturated heterocycles. The maximum atomic E-state index is 12.2. The van der Waals surface area contributed by atoms with E-state index in [0.717, 1.165) is 32.1 Å². The summed E-state index contributed by atoms with van der Waals surface area (Å²) in [4.78, 5) is 23.9.